The summed E-state index contributed by atoms with van der Waals surface area (Å²) in [5.41, 5.74) is 5.81. The predicted octanol–water partition coefficient (Wildman–Crippen LogP) is 1.88. The third kappa shape index (κ3) is 3.19. The minimum absolute atomic E-state index is 0. The lowest BCUT2D eigenvalue weighted by atomic mass is 9.81. The van der Waals surface area contributed by atoms with Crippen LogP contribution in [0.15, 0.2) is 0 Å². The van der Waals surface area contributed by atoms with Gasteiger partial charge in [0.15, 0.2) is 0 Å². The van der Waals surface area contributed by atoms with Crippen LogP contribution in [0, 0.1) is 17.3 Å². The Morgan fingerprint density at radius 2 is 2.00 bits per heavy atom. The van der Waals surface area contributed by atoms with Crippen LogP contribution in [0.5, 0.6) is 0 Å². The average Bonchev–Trinajstić information content (AvgIpc) is 2.95. The van der Waals surface area contributed by atoms with Gasteiger partial charge in [-0.25, -0.2) is 4.79 Å². The van der Waals surface area contributed by atoms with Crippen LogP contribution in [0.1, 0.15) is 46.5 Å². The standard InChI is InChI=1S/C15H26N2O3.ClH/c1-4-15(2,3)12(16)13(18)17-8-9-6-5-7-10(9)11(17)14(19)20;/h9-12H,4-8,16H2,1-3H3,(H,19,20);1H/t9-,10-,11-,12+;/m0./s1. The Bertz CT molecular complexity index is 414. The topological polar surface area (TPSA) is 83.6 Å². The summed E-state index contributed by atoms with van der Waals surface area (Å²) in [5.74, 6) is -0.613. The van der Waals surface area contributed by atoms with Crippen LogP contribution in [0.3, 0.4) is 0 Å². The van der Waals surface area contributed by atoms with Gasteiger partial charge in [-0.05, 0) is 36.5 Å². The van der Waals surface area contributed by atoms with Crippen LogP contribution in [0.25, 0.3) is 0 Å². The highest BCUT2D eigenvalue weighted by molar-refractivity contribution is 5.88. The second-order valence-corrected chi connectivity index (χ2v) is 6.95. The summed E-state index contributed by atoms with van der Waals surface area (Å²) in [7, 11) is 0. The van der Waals surface area contributed by atoms with E-state index in [1.54, 1.807) is 4.90 Å². The monoisotopic (exact) mass is 318 g/mol. The highest BCUT2D eigenvalue weighted by Gasteiger charge is 2.51. The third-order valence-corrected chi connectivity index (χ3v) is 5.45. The Morgan fingerprint density at radius 3 is 2.52 bits per heavy atom. The second-order valence-electron chi connectivity index (χ2n) is 6.95. The number of rotatable bonds is 4. The lowest BCUT2D eigenvalue weighted by Gasteiger charge is -2.34. The van der Waals surface area contributed by atoms with Gasteiger partial charge in [-0.1, -0.05) is 27.2 Å². The molecule has 0 aromatic heterocycles. The van der Waals surface area contributed by atoms with Crippen LogP contribution in [-0.2, 0) is 9.59 Å². The normalized spacial score (nSPS) is 29.7. The maximum atomic E-state index is 12.6. The number of halogens is 1. The Kier molecular flexibility index (Phi) is 5.67. The molecule has 122 valence electrons. The summed E-state index contributed by atoms with van der Waals surface area (Å²) < 4.78 is 0. The maximum absolute atomic E-state index is 12.6. The molecular weight excluding hydrogens is 292 g/mol. The van der Waals surface area contributed by atoms with Gasteiger partial charge >= 0.3 is 5.97 Å². The Hall–Kier alpha value is -0.810. The van der Waals surface area contributed by atoms with Crippen molar-refractivity contribution < 1.29 is 14.7 Å². The summed E-state index contributed by atoms with van der Waals surface area (Å²) in [5, 5.41) is 9.49. The van der Waals surface area contributed by atoms with Crippen molar-refractivity contribution >= 4 is 24.3 Å². The highest BCUT2D eigenvalue weighted by Crippen LogP contribution is 2.43. The Labute approximate surface area is 132 Å². The van der Waals surface area contributed by atoms with Crippen LogP contribution in [-0.4, -0.2) is 40.5 Å². The van der Waals surface area contributed by atoms with E-state index in [1.807, 2.05) is 20.8 Å². The molecule has 2 rings (SSSR count). The summed E-state index contributed by atoms with van der Waals surface area (Å²) >= 11 is 0. The van der Waals surface area contributed by atoms with Crippen molar-refractivity contribution in [3.05, 3.63) is 0 Å². The number of fused-ring (bicyclic) bond motifs is 1. The smallest absolute Gasteiger partial charge is 0.326 e. The first kappa shape index (κ1) is 18.2. The van der Waals surface area contributed by atoms with E-state index in [2.05, 4.69) is 0 Å². The number of hydrogen-bond donors (Lipinski definition) is 2. The van der Waals surface area contributed by atoms with Gasteiger partial charge in [0.05, 0.1) is 6.04 Å². The van der Waals surface area contributed by atoms with Crippen LogP contribution in [0.4, 0.5) is 0 Å². The Balaban J connectivity index is 0.00000220. The molecule has 1 aliphatic carbocycles. The molecule has 1 saturated heterocycles. The molecule has 0 bridgehead atoms. The molecule has 1 heterocycles. The van der Waals surface area contributed by atoms with E-state index >= 15 is 0 Å². The predicted molar refractivity (Wildman–Crippen MR) is 83.3 cm³/mol. The number of nitrogens with zero attached hydrogens (tertiary/aromatic N) is 1. The van der Waals surface area contributed by atoms with Gasteiger partial charge in [-0.15, -0.1) is 12.4 Å². The van der Waals surface area contributed by atoms with E-state index in [0.717, 1.165) is 25.7 Å². The van der Waals surface area contributed by atoms with Crippen molar-refractivity contribution in [2.24, 2.45) is 23.0 Å². The van der Waals surface area contributed by atoms with Crippen molar-refractivity contribution in [2.75, 3.05) is 6.54 Å². The molecular formula is C15H27ClN2O3. The van der Waals surface area contributed by atoms with Gasteiger partial charge in [0.25, 0.3) is 0 Å². The van der Waals surface area contributed by atoms with Gasteiger partial charge in [-0.3, -0.25) is 4.79 Å². The van der Waals surface area contributed by atoms with Gasteiger partial charge in [0.1, 0.15) is 6.04 Å². The first-order chi connectivity index (χ1) is 9.29. The molecule has 0 aromatic carbocycles. The fourth-order valence-electron chi connectivity index (χ4n) is 3.58. The van der Waals surface area contributed by atoms with E-state index in [-0.39, 0.29) is 29.6 Å². The highest BCUT2D eigenvalue weighted by atomic mass is 35.5. The number of carbonyl (C=O) groups is 2. The van der Waals surface area contributed by atoms with E-state index in [9.17, 15) is 14.7 Å². The average molecular weight is 319 g/mol. The van der Waals surface area contributed by atoms with Crippen molar-refractivity contribution in [1.29, 1.82) is 0 Å². The van der Waals surface area contributed by atoms with Gasteiger partial charge in [-0.2, -0.15) is 0 Å². The lowest BCUT2D eigenvalue weighted by molar-refractivity contribution is -0.151. The number of carboxylic acid groups (broad SMARTS) is 1. The zero-order valence-corrected chi connectivity index (χ0v) is 13.9. The number of hydrogen-bond acceptors (Lipinski definition) is 3. The van der Waals surface area contributed by atoms with Crippen molar-refractivity contribution in [1.82, 2.24) is 4.90 Å². The molecule has 6 heteroatoms. The quantitative estimate of drug-likeness (QED) is 0.829. The largest absolute Gasteiger partial charge is 0.480 e. The minimum Gasteiger partial charge on any atom is -0.480 e. The van der Waals surface area contributed by atoms with Crippen molar-refractivity contribution in [3.63, 3.8) is 0 Å². The summed E-state index contributed by atoms with van der Waals surface area (Å²) in [6.07, 6.45) is 3.81. The number of nitrogens with two attached hydrogens (primary N) is 1. The molecule has 1 aliphatic heterocycles. The SMILES string of the molecule is CCC(C)(C)[C@H](N)C(=O)N1C[C@@H]2CCC[C@@H]2[C@H]1C(=O)O.Cl. The fraction of sp³-hybridized carbons (Fsp3) is 0.867. The van der Waals surface area contributed by atoms with Gasteiger partial charge < -0.3 is 15.7 Å². The zero-order chi connectivity index (χ0) is 15.1. The molecule has 0 aromatic rings. The summed E-state index contributed by atoms with van der Waals surface area (Å²) in [4.78, 5) is 25.7. The lowest BCUT2D eigenvalue weighted by Crippen LogP contribution is -2.54. The van der Waals surface area contributed by atoms with Crippen LogP contribution in [0.2, 0.25) is 0 Å². The molecule has 4 atom stereocenters. The minimum atomic E-state index is -0.880. The second kappa shape index (κ2) is 6.53. The van der Waals surface area contributed by atoms with E-state index in [4.69, 9.17) is 5.73 Å². The molecule has 2 aliphatic rings. The van der Waals surface area contributed by atoms with Crippen molar-refractivity contribution in [3.8, 4) is 0 Å². The van der Waals surface area contributed by atoms with Gasteiger partial charge in [0.2, 0.25) is 5.91 Å². The Morgan fingerprint density at radius 1 is 1.38 bits per heavy atom. The van der Waals surface area contributed by atoms with Crippen LogP contribution >= 0.6 is 12.4 Å². The van der Waals surface area contributed by atoms with E-state index in [1.165, 1.54) is 0 Å². The number of aliphatic carboxylic acids is 1. The van der Waals surface area contributed by atoms with Crippen molar-refractivity contribution in [2.45, 2.75) is 58.5 Å². The van der Waals surface area contributed by atoms with E-state index < -0.39 is 18.1 Å². The number of amides is 1. The molecule has 3 N–H and O–H groups in total. The maximum Gasteiger partial charge on any atom is 0.326 e. The number of likely N-dealkylation sites (tertiary alicyclic amines) is 1. The fourth-order valence-corrected chi connectivity index (χ4v) is 3.58. The molecule has 1 saturated carbocycles. The molecule has 5 nitrogen and oxygen atoms in total. The molecule has 2 fully saturated rings. The summed E-state index contributed by atoms with van der Waals surface area (Å²) in [6, 6.07) is -1.30. The zero-order valence-electron chi connectivity index (χ0n) is 13.0. The molecule has 21 heavy (non-hydrogen) atoms. The third-order valence-electron chi connectivity index (χ3n) is 5.45. The molecule has 1 amide bonds. The van der Waals surface area contributed by atoms with E-state index in [0.29, 0.717) is 12.5 Å². The summed E-state index contributed by atoms with van der Waals surface area (Å²) in [6.45, 7) is 6.49. The first-order valence-corrected chi connectivity index (χ1v) is 7.58. The molecule has 0 radical (unpaired) electrons. The molecule has 0 spiro atoms. The number of carboxylic acids is 1. The molecule has 0 unspecified atom stereocenters. The van der Waals surface area contributed by atoms with Gasteiger partial charge in [0, 0.05) is 6.54 Å². The first-order valence-electron chi connectivity index (χ1n) is 7.58. The van der Waals surface area contributed by atoms with Crippen LogP contribution < -0.4 is 5.73 Å². The number of carbonyl (C=O) groups excluding carboxylic acids is 1.